The molecule has 2 fully saturated rings. The van der Waals surface area contributed by atoms with Crippen molar-refractivity contribution >= 4 is 40.9 Å². The minimum Gasteiger partial charge on any atom is -0.388 e. The van der Waals surface area contributed by atoms with E-state index < -0.39 is 53.1 Å². The maximum absolute atomic E-state index is 13.3. The first kappa shape index (κ1) is 30.1. The highest BCUT2D eigenvalue weighted by molar-refractivity contribution is 7.99. The standard InChI is InChI=1S/C25H37ClFN3O6S/c1-13(26)19(23-21(33)20(32)22(34)25(36-23)37-2)30-24(35)17-8-6-14(10-11-28-17)7-9-18(31)29-16-5-3-4-15(27)12-16/h3-5,12-14,17,19-23,25,28,32-34H,6-11H2,1-2H3,(H,29,31)(H,30,35)/t13-,14+,17-,19+,20?,21?,22+,23+,25?/m0/s1. The van der Waals surface area contributed by atoms with Crippen LogP contribution in [-0.2, 0) is 14.3 Å². The summed E-state index contributed by atoms with van der Waals surface area (Å²) in [4.78, 5) is 25.4. The van der Waals surface area contributed by atoms with Crippen molar-refractivity contribution < 1.29 is 34.0 Å². The van der Waals surface area contributed by atoms with Gasteiger partial charge < -0.3 is 36.0 Å². The van der Waals surface area contributed by atoms with Crippen LogP contribution in [-0.4, -0.2) is 87.2 Å². The summed E-state index contributed by atoms with van der Waals surface area (Å²) in [5, 5.41) is 39.1. The van der Waals surface area contributed by atoms with Gasteiger partial charge in [0.05, 0.1) is 17.5 Å². The van der Waals surface area contributed by atoms with E-state index in [1.54, 1.807) is 19.2 Å². The van der Waals surface area contributed by atoms with Crippen LogP contribution in [0.15, 0.2) is 24.3 Å². The predicted molar refractivity (Wildman–Crippen MR) is 141 cm³/mol. The second-order valence-electron chi connectivity index (χ2n) is 9.72. The van der Waals surface area contributed by atoms with E-state index in [-0.39, 0.29) is 17.7 Å². The van der Waals surface area contributed by atoms with Gasteiger partial charge in [-0.15, -0.1) is 23.4 Å². The highest BCUT2D eigenvalue weighted by atomic mass is 35.5. The average Bonchev–Trinajstić information content (AvgIpc) is 3.11. The van der Waals surface area contributed by atoms with E-state index >= 15 is 0 Å². The first-order chi connectivity index (χ1) is 17.6. The summed E-state index contributed by atoms with van der Waals surface area (Å²) < 4.78 is 19.1. The van der Waals surface area contributed by atoms with Crippen molar-refractivity contribution in [2.75, 3.05) is 18.1 Å². The molecule has 1 aromatic rings. The first-order valence-electron chi connectivity index (χ1n) is 12.6. The molecule has 3 rings (SSSR count). The van der Waals surface area contributed by atoms with Crippen LogP contribution in [0, 0.1) is 11.7 Å². The molecule has 12 heteroatoms. The molecular weight excluding hydrogens is 525 g/mol. The van der Waals surface area contributed by atoms with Crippen LogP contribution in [0.3, 0.4) is 0 Å². The lowest BCUT2D eigenvalue weighted by Gasteiger charge is -2.44. The Kier molecular flexibility index (Phi) is 11.4. The Labute approximate surface area is 225 Å². The Bertz CT molecular complexity index is 913. The Morgan fingerprint density at radius 3 is 2.65 bits per heavy atom. The molecule has 0 aliphatic carbocycles. The molecule has 0 spiro atoms. The van der Waals surface area contributed by atoms with Crippen LogP contribution in [0.5, 0.6) is 0 Å². The van der Waals surface area contributed by atoms with Crippen molar-refractivity contribution in [1.29, 1.82) is 0 Å². The number of ether oxygens (including phenoxy) is 1. The lowest BCUT2D eigenvalue weighted by atomic mass is 9.92. The number of nitrogens with one attached hydrogen (secondary N) is 3. The number of carbonyl (C=O) groups excluding carboxylic acids is 2. The van der Waals surface area contributed by atoms with Crippen LogP contribution >= 0.6 is 23.4 Å². The molecule has 0 aromatic heterocycles. The summed E-state index contributed by atoms with van der Waals surface area (Å²) in [5.41, 5.74) is -0.349. The topological polar surface area (TPSA) is 140 Å². The van der Waals surface area contributed by atoms with Crippen molar-refractivity contribution in [3.8, 4) is 0 Å². The molecule has 2 aliphatic rings. The molecule has 1 aromatic carbocycles. The summed E-state index contributed by atoms with van der Waals surface area (Å²) in [6.07, 6.45) is -0.365. The molecule has 9 nitrogen and oxygen atoms in total. The normalized spacial score (nSPS) is 32.1. The number of thioether (sulfide) groups is 1. The zero-order valence-electron chi connectivity index (χ0n) is 21.0. The number of anilines is 1. The van der Waals surface area contributed by atoms with E-state index in [2.05, 4.69) is 16.0 Å². The number of hydrogen-bond donors (Lipinski definition) is 6. The first-order valence-corrected chi connectivity index (χ1v) is 14.3. The largest absolute Gasteiger partial charge is 0.388 e. The van der Waals surface area contributed by atoms with Crippen molar-refractivity contribution in [1.82, 2.24) is 10.6 Å². The lowest BCUT2D eigenvalue weighted by Crippen LogP contribution is -2.65. The number of amides is 2. The summed E-state index contributed by atoms with van der Waals surface area (Å²) in [6, 6.07) is 4.47. The molecule has 2 amide bonds. The number of benzene rings is 1. The fourth-order valence-electron chi connectivity index (χ4n) is 4.84. The number of carbonyl (C=O) groups is 2. The molecule has 2 heterocycles. The number of rotatable bonds is 9. The van der Waals surface area contributed by atoms with Crippen molar-refractivity contribution in [3.63, 3.8) is 0 Å². The number of hydrogen-bond acceptors (Lipinski definition) is 8. The molecule has 2 saturated heterocycles. The fraction of sp³-hybridized carbons (Fsp3) is 0.680. The third-order valence-electron chi connectivity index (χ3n) is 7.01. The summed E-state index contributed by atoms with van der Waals surface area (Å²) in [5.74, 6) is -0.643. The van der Waals surface area contributed by atoms with Crippen molar-refractivity contribution in [2.24, 2.45) is 5.92 Å². The SMILES string of the molecule is CSC1O[C@H]([C@H](NC(=O)[C@@H]2CC[C@H](CCC(=O)Nc3cccc(F)c3)CCN2)[C@H](C)Cl)C(O)C(O)[C@H]1O. The highest BCUT2D eigenvalue weighted by Gasteiger charge is 2.48. The number of halogens is 2. The quantitative estimate of drug-likeness (QED) is 0.250. The maximum Gasteiger partial charge on any atom is 0.237 e. The number of alkyl halides is 1. The van der Waals surface area contributed by atoms with Gasteiger partial charge in [-0.3, -0.25) is 9.59 Å². The van der Waals surface area contributed by atoms with E-state index in [0.717, 1.165) is 12.8 Å². The Morgan fingerprint density at radius 2 is 1.97 bits per heavy atom. The Morgan fingerprint density at radius 1 is 1.22 bits per heavy atom. The fourth-order valence-corrected chi connectivity index (χ4v) is 5.72. The maximum atomic E-state index is 13.3. The van der Waals surface area contributed by atoms with E-state index in [9.17, 15) is 29.3 Å². The molecule has 6 N–H and O–H groups in total. The van der Waals surface area contributed by atoms with Gasteiger partial charge >= 0.3 is 0 Å². The smallest absolute Gasteiger partial charge is 0.237 e. The molecule has 0 saturated carbocycles. The molecule has 208 valence electrons. The van der Waals surface area contributed by atoms with Gasteiger partial charge in [0, 0.05) is 12.1 Å². The predicted octanol–water partition coefficient (Wildman–Crippen LogP) is 1.59. The minimum absolute atomic E-state index is 0.182. The van der Waals surface area contributed by atoms with Crippen molar-refractivity contribution in [3.05, 3.63) is 30.1 Å². The van der Waals surface area contributed by atoms with Gasteiger partial charge in [0.2, 0.25) is 11.8 Å². The van der Waals surface area contributed by atoms with Gasteiger partial charge in [0.1, 0.15) is 35.7 Å². The van der Waals surface area contributed by atoms with Gasteiger partial charge in [-0.2, -0.15) is 0 Å². The lowest BCUT2D eigenvalue weighted by molar-refractivity contribution is -0.205. The number of aliphatic hydroxyl groups is 3. The van der Waals surface area contributed by atoms with E-state index in [0.29, 0.717) is 31.5 Å². The Hall–Kier alpha value is -1.47. The second kappa shape index (κ2) is 14.1. The summed E-state index contributed by atoms with van der Waals surface area (Å²) >= 11 is 7.55. The zero-order valence-corrected chi connectivity index (χ0v) is 22.6. The Balaban J connectivity index is 1.51. The third-order valence-corrected chi connectivity index (χ3v) is 8.13. The van der Waals surface area contributed by atoms with Gasteiger partial charge in [0.25, 0.3) is 0 Å². The highest BCUT2D eigenvalue weighted by Crippen LogP contribution is 2.30. The van der Waals surface area contributed by atoms with E-state index in [1.165, 1.54) is 30.0 Å². The number of aliphatic hydroxyl groups excluding tert-OH is 3. The molecule has 0 bridgehead atoms. The summed E-state index contributed by atoms with van der Waals surface area (Å²) in [7, 11) is 0. The van der Waals surface area contributed by atoms with Crippen LogP contribution in [0.25, 0.3) is 0 Å². The van der Waals surface area contributed by atoms with Crippen LogP contribution in [0.2, 0.25) is 0 Å². The molecular formula is C25H37ClFN3O6S. The van der Waals surface area contributed by atoms with Crippen LogP contribution in [0.1, 0.15) is 39.0 Å². The zero-order chi connectivity index (χ0) is 27.1. The molecule has 2 aliphatic heterocycles. The second-order valence-corrected chi connectivity index (χ2v) is 11.3. The molecule has 0 radical (unpaired) electrons. The molecule has 9 atom stereocenters. The van der Waals surface area contributed by atoms with E-state index in [1.807, 2.05) is 0 Å². The third kappa shape index (κ3) is 8.26. The molecule has 3 unspecified atom stereocenters. The van der Waals surface area contributed by atoms with E-state index in [4.69, 9.17) is 16.3 Å². The van der Waals surface area contributed by atoms with Crippen LogP contribution in [0.4, 0.5) is 10.1 Å². The minimum atomic E-state index is -1.43. The van der Waals surface area contributed by atoms with Gasteiger partial charge in [0.15, 0.2) is 0 Å². The average molecular weight is 562 g/mol. The summed E-state index contributed by atoms with van der Waals surface area (Å²) in [6.45, 7) is 2.26. The monoisotopic (exact) mass is 561 g/mol. The van der Waals surface area contributed by atoms with Gasteiger partial charge in [-0.05, 0) is 69.5 Å². The molecule has 37 heavy (non-hydrogen) atoms. The van der Waals surface area contributed by atoms with Gasteiger partial charge in [-0.1, -0.05) is 6.07 Å². The van der Waals surface area contributed by atoms with Crippen molar-refractivity contribution in [2.45, 2.75) is 86.3 Å². The van der Waals surface area contributed by atoms with Crippen LogP contribution < -0.4 is 16.0 Å². The van der Waals surface area contributed by atoms with Gasteiger partial charge in [-0.25, -0.2) is 4.39 Å².